The Hall–Kier alpha value is -3.57. The van der Waals surface area contributed by atoms with Gasteiger partial charge in [0.2, 0.25) is 0 Å². The van der Waals surface area contributed by atoms with Crippen LogP contribution in [0.2, 0.25) is 10.0 Å². The Bertz CT molecular complexity index is 1480. The number of hydrazine groups is 1. The van der Waals surface area contributed by atoms with Crippen LogP contribution in [0.5, 0.6) is 0 Å². The molecular weight excluding hydrogens is 536 g/mol. The summed E-state index contributed by atoms with van der Waals surface area (Å²) in [5.74, 6) is -1.80. The fourth-order valence-electron chi connectivity index (χ4n) is 3.74. The van der Waals surface area contributed by atoms with Crippen molar-refractivity contribution in [1.82, 2.24) is 25.8 Å². The summed E-state index contributed by atoms with van der Waals surface area (Å²) in [4.78, 5) is 25.4. The van der Waals surface area contributed by atoms with Gasteiger partial charge in [-0.05, 0) is 49.2 Å². The van der Waals surface area contributed by atoms with E-state index in [9.17, 15) is 19.1 Å². The number of nitrogens with one attached hydrogen (secondary N) is 2. The molecule has 0 aliphatic heterocycles. The fraction of sp³-hybridized carbons (Fsp3) is 0.231. The number of fused-ring (bicyclic) bond motifs is 1. The van der Waals surface area contributed by atoms with Crippen molar-refractivity contribution in [2.75, 3.05) is 6.54 Å². The van der Waals surface area contributed by atoms with Gasteiger partial charge >= 0.3 is 5.97 Å². The van der Waals surface area contributed by atoms with Crippen molar-refractivity contribution < 1.29 is 23.8 Å². The fourth-order valence-corrected chi connectivity index (χ4v) is 4.23. The van der Waals surface area contributed by atoms with Crippen LogP contribution in [0.4, 0.5) is 4.39 Å². The lowest BCUT2D eigenvalue weighted by atomic mass is 10.0. The lowest BCUT2D eigenvalue weighted by molar-refractivity contribution is -0.158. The monoisotopic (exact) mass is 559 g/mol. The average Bonchev–Trinajstić information content (AvgIpc) is 3.34. The van der Waals surface area contributed by atoms with Gasteiger partial charge in [0.25, 0.3) is 5.91 Å². The largest absolute Gasteiger partial charge is 0.461 e. The third-order valence-electron chi connectivity index (χ3n) is 5.51. The summed E-state index contributed by atoms with van der Waals surface area (Å²) in [7, 11) is 0. The van der Waals surface area contributed by atoms with Gasteiger partial charge in [-0.25, -0.2) is 14.2 Å². The van der Waals surface area contributed by atoms with Crippen molar-refractivity contribution >= 4 is 46.1 Å². The molecule has 1 atom stereocenters. The summed E-state index contributed by atoms with van der Waals surface area (Å²) in [6.45, 7) is 3.02. The highest BCUT2D eigenvalue weighted by molar-refractivity contribution is 6.35. The topological polar surface area (TPSA) is 120 Å². The predicted octanol–water partition coefficient (Wildman–Crippen LogP) is 4.53. The van der Waals surface area contributed by atoms with E-state index >= 15 is 0 Å². The number of halogens is 3. The van der Waals surface area contributed by atoms with Gasteiger partial charge in [-0.2, -0.15) is 15.4 Å². The van der Waals surface area contributed by atoms with Gasteiger partial charge < -0.3 is 9.84 Å². The number of carbonyl (C=O) groups is 2. The van der Waals surface area contributed by atoms with E-state index in [0.29, 0.717) is 32.7 Å². The van der Waals surface area contributed by atoms with E-state index in [-0.39, 0.29) is 29.5 Å². The molecule has 0 bridgehead atoms. The molecule has 0 unspecified atom stereocenters. The smallest absolute Gasteiger partial charge is 0.336 e. The molecule has 3 aromatic carbocycles. The van der Waals surface area contributed by atoms with Crippen LogP contribution in [0, 0.1) is 5.82 Å². The Morgan fingerprint density at radius 2 is 1.87 bits per heavy atom. The standard InChI is InChI=1S/C26H24Cl2FN5O4/c1-14(2)38-26(37)23(35)13-34(32-25(36)17-10-20(28)24-22(11-17)30-33-31-24)12-16-8-7-15(9-19(16)27)18-5-3-4-6-21(18)29/h3-11,14,23,35H,12-13H2,1-2H3,(H,32,36)(H,30,31,33)/t23-/m1/s1. The first-order valence-electron chi connectivity index (χ1n) is 11.6. The number of aromatic nitrogens is 3. The number of carbonyl (C=O) groups excluding carboxylic acids is 2. The molecule has 1 aromatic heterocycles. The van der Waals surface area contributed by atoms with Crippen LogP contribution >= 0.6 is 23.2 Å². The van der Waals surface area contributed by atoms with E-state index in [4.69, 9.17) is 27.9 Å². The average molecular weight is 560 g/mol. The lowest BCUT2D eigenvalue weighted by Gasteiger charge is -2.26. The van der Waals surface area contributed by atoms with Crippen molar-refractivity contribution in [2.24, 2.45) is 0 Å². The van der Waals surface area contributed by atoms with Gasteiger partial charge in [0.05, 0.1) is 17.7 Å². The van der Waals surface area contributed by atoms with E-state index in [1.54, 1.807) is 50.2 Å². The van der Waals surface area contributed by atoms with Crippen LogP contribution in [0.25, 0.3) is 22.2 Å². The third kappa shape index (κ3) is 6.46. The number of amides is 1. The number of ether oxygens (including phenoxy) is 1. The minimum atomic E-state index is -1.56. The highest BCUT2D eigenvalue weighted by atomic mass is 35.5. The quantitative estimate of drug-likeness (QED) is 0.203. The van der Waals surface area contributed by atoms with Crippen LogP contribution in [-0.2, 0) is 16.1 Å². The number of hydrogen-bond donors (Lipinski definition) is 3. The maximum atomic E-state index is 14.2. The molecule has 198 valence electrons. The van der Waals surface area contributed by atoms with Gasteiger partial charge in [0.1, 0.15) is 16.9 Å². The SMILES string of the molecule is CC(C)OC(=O)[C@H](O)CN(Cc1ccc(-c2ccccc2F)cc1Cl)NC(=O)c1cc(Cl)c2n[nH]nc2c1. The number of benzene rings is 3. The highest BCUT2D eigenvalue weighted by Gasteiger charge is 2.24. The molecule has 0 spiro atoms. The highest BCUT2D eigenvalue weighted by Crippen LogP contribution is 2.28. The summed E-state index contributed by atoms with van der Waals surface area (Å²) < 4.78 is 19.3. The van der Waals surface area contributed by atoms with E-state index in [0.717, 1.165) is 0 Å². The van der Waals surface area contributed by atoms with Gasteiger partial charge in [-0.1, -0.05) is 53.5 Å². The van der Waals surface area contributed by atoms with Crippen LogP contribution < -0.4 is 5.43 Å². The third-order valence-corrected chi connectivity index (χ3v) is 6.15. The van der Waals surface area contributed by atoms with Gasteiger partial charge in [-0.3, -0.25) is 10.2 Å². The summed E-state index contributed by atoms with van der Waals surface area (Å²) in [5.41, 5.74) is 5.18. The minimum Gasteiger partial charge on any atom is -0.461 e. The van der Waals surface area contributed by atoms with E-state index in [1.165, 1.54) is 23.2 Å². The Kier molecular flexibility index (Phi) is 8.58. The first kappa shape index (κ1) is 27.5. The second kappa shape index (κ2) is 11.9. The molecule has 38 heavy (non-hydrogen) atoms. The molecule has 12 heteroatoms. The molecule has 4 rings (SSSR count). The first-order chi connectivity index (χ1) is 18.1. The zero-order valence-electron chi connectivity index (χ0n) is 20.4. The van der Waals surface area contributed by atoms with Crippen molar-refractivity contribution in [3.63, 3.8) is 0 Å². The van der Waals surface area contributed by atoms with Crippen molar-refractivity contribution in [3.8, 4) is 11.1 Å². The number of rotatable bonds is 9. The Balaban J connectivity index is 1.58. The Morgan fingerprint density at radius 3 is 2.58 bits per heavy atom. The molecular formula is C26H24Cl2FN5O4. The zero-order chi connectivity index (χ0) is 27.4. The lowest BCUT2D eigenvalue weighted by Crippen LogP contribution is -2.47. The second-order valence-corrected chi connectivity index (χ2v) is 9.57. The van der Waals surface area contributed by atoms with E-state index in [2.05, 4.69) is 20.8 Å². The summed E-state index contributed by atoms with van der Waals surface area (Å²) >= 11 is 12.7. The molecule has 3 N–H and O–H groups in total. The van der Waals surface area contributed by atoms with Crippen LogP contribution in [0.3, 0.4) is 0 Å². The molecule has 0 fully saturated rings. The maximum Gasteiger partial charge on any atom is 0.336 e. The second-order valence-electron chi connectivity index (χ2n) is 8.76. The molecule has 9 nitrogen and oxygen atoms in total. The number of H-pyrrole nitrogens is 1. The molecule has 0 saturated heterocycles. The number of aromatic amines is 1. The number of aliphatic hydroxyl groups is 1. The molecule has 1 amide bonds. The molecule has 1 heterocycles. The maximum absolute atomic E-state index is 14.2. The summed E-state index contributed by atoms with van der Waals surface area (Å²) in [6.07, 6.45) is -1.99. The van der Waals surface area contributed by atoms with Crippen LogP contribution in [0.15, 0.2) is 54.6 Å². The van der Waals surface area contributed by atoms with Gasteiger partial charge in [-0.15, -0.1) is 0 Å². The van der Waals surface area contributed by atoms with Gasteiger partial charge in [0, 0.05) is 22.7 Å². The van der Waals surface area contributed by atoms with E-state index in [1.807, 2.05) is 0 Å². The molecule has 0 saturated carbocycles. The Labute approximate surface area is 227 Å². The normalized spacial score (nSPS) is 12.2. The van der Waals surface area contributed by atoms with Crippen molar-refractivity contribution in [3.05, 3.63) is 81.6 Å². The van der Waals surface area contributed by atoms with Crippen molar-refractivity contribution in [2.45, 2.75) is 32.6 Å². The minimum absolute atomic E-state index is 0.00802. The molecule has 0 radical (unpaired) electrons. The van der Waals surface area contributed by atoms with Crippen LogP contribution in [0.1, 0.15) is 29.8 Å². The van der Waals surface area contributed by atoms with Crippen molar-refractivity contribution in [1.29, 1.82) is 0 Å². The first-order valence-corrected chi connectivity index (χ1v) is 12.4. The molecule has 4 aromatic rings. The van der Waals surface area contributed by atoms with Gasteiger partial charge in [0.15, 0.2) is 6.10 Å². The predicted molar refractivity (Wildman–Crippen MR) is 141 cm³/mol. The number of hydrogen-bond acceptors (Lipinski definition) is 7. The number of aliphatic hydroxyl groups excluding tert-OH is 1. The zero-order valence-corrected chi connectivity index (χ0v) is 21.9. The number of esters is 1. The molecule has 0 aliphatic rings. The Morgan fingerprint density at radius 1 is 1.11 bits per heavy atom. The van der Waals surface area contributed by atoms with Crippen LogP contribution in [-0.4, -0.2) is 56.2 Å². The van der Waals surface area contributed by atoms with E-state index < -0.39 is 24.1 Å². The summed E-state index contributed by atoms with van der Waals surface area (Å²) in [5, 5.41) is 22.7. The molecule has 0 aliphatic carbocycles. The number of nitrogens with zero attached hydrogens (tertiary/aromatic N) is 3. The summed E-state index contributed by atoms with van der Waals surface area (Å²) in [6, 6.07) is 14.2.